The molecule has 0 atom stereocenters. The van der Waals surface area contributed by atoms with Crippen LogP contribution in [0, 0.1) is 0 Å². The van der Waals surface area contributed by atoms with Gasteiger partial charge in [-0.2, -0.15) is 4.37 Å². The van der Waals surface area contributed by atoms with Gasteiger partial charge in [0.05, 0.1) is 0 Å². The smallest absolute Gasteiger partial charge is 0.173 e. The average Bonchev–Trinajstić information content (AvgIpc) is 3.69. The highest BCUT2D eigenvalue weighted by atomic mass is 32.1. The molecule has 0 amide bonds. The fourth-order valence-corrected chi connectivity index (χ4v) is 8.00. The summed E-state index contributed by atoms with van der Waals surface area (Å²) < 4.78 is 4.83. The topological polar surface area (TPSA) is 32.3 Å². The quantitative estimate of drug-likeness (QED) is 0.153. The fraction of sp³-hybridized carbons (Fsp3) is 0.296. The summed E-state index contributed by atoms with van der Waals surface area (Å²) in [5, 5.41) is 0.894. The Bertz CT molecular complexity index is 2170. The van der Waals surface area contributed by atoms with Crippen LogP contribution >= 0.6 is 11.5 Å². The van der Waals surface area contributed by atoms with E-state index in [0.717, 1.165) is 56.1 Å². The standard InChI is InChI=1S/C54H60N4S/c1-51(2,3)39-17-29-45(30-18-39)57(46-31-19-40(20-32-46)52(4,5)6)43-25-13-37(14-26-43)49-55-50(59-56-49)38-15-27-44(28-16-38)58(47-33-21-41(22-34-47)53(7,8)9)48-35-23-42(24-36-48)54(10,11)12/h13-36H,1-12H3. The Kier molecular flexibility index (Phi) is 11.2. The van der Waals surface area contributed by atoms with Gasteiger partial charge in [0, 0.05) is 45.3 Å². The second kappa shape index (κ2) is 15.9. The van der Waals surface area contributed by atoms with Crippen LogP contribution < -0.4 is 9.80 Å². The van der Waals surface area contributed by atoms with Gasteiger partial charge in [0.1, 0.15) is 5.01 Å². The molecule has 0 unspecified atom stereocenters. The van der Waals surface area contributed by atoms with Crippen molar-refractivity contribution in [3.63, 3.8) is 0 Å². The summed E-state index contributed by atoms with van der Waals surface area (Å²) in [6.07, 6.45) is 0. The third-order valence-corrected chi connectivity index (χ3v) is 11.9. The van der Waals surface area contributed by atoms with Gasteiger partial charge in [-0.05, 0) is 153 Å². The van der Waals surface area contributed by atoms with E-state index in [2.05, 4.69) is 238 Å². The van der Waals surface area contributed by atoms with E-state index in [0.29, 0.717) is 0 Å². The molecule has 0 N–H and O–H groups in total. The first kappa shape index (κ1) is 41.6. The first-order chi connectivity index (χ1) is 27.8. The highest BCUT2D eigenvalue weighted by molar-refractivity contribution is 7.09. The van der Waals surface area contributed by atoms with E-state index in [-0.39, 0.29) is 21.7 Å². The maximum absolute atomic E-state index is 5.04. The lowest BCUT2D eigenvalue weighted by molar-refractivity contribution is 0.590. The third kappa shape index (κ3) is 9.37. The summed E-state index contributed by atoms with van der Waals surface area (Å²) >= 11 is 1.44. The average molecular weight is 797 g/mol. The Balaban J connectivity index is 1.16. The largest absolute Gasteiger partial charge is 0.311 e. The molecule has 0 fully saturated rings. The first-order valence-electron chi connectivity index (χ1n) is 20.8. The van der Waals surface area contributed by atoms with Crippen molar-refractivity contribution in [1.82, 2.24) is 9.36 Å². The lowest BCUT2D eigenvalue weighted by Crippen LogP contribution is -2.14. The molecule has 0 radical (unpaired) electrons. The molecule has 0 aliphatic rings. The molecule has 0 spiro atoms. The van der Waals surface area contributed by atoms with E-state index in [1.54, 1.807) is 0 Å². The van der Waals surface area contributed by atoms with Crippen LogP contribution in [0.2, 0.25) is 0 Å². The number of aromatic nitrogens is 2. The van der Waals surface area contributed by atoms with Crippen LogP contribution in [0.25, 0.3) is 22.0 Å². The van der Waals surface area contributed by atoms with E-state index >= 15 is 0 Å². The van der Waals surface area contributed by atoms with Crippen molar-refractivity contribution in [2.75, 3.05) is 9.80 Å². The van der Waals surface area contributed by atoms with Gasteiger partial charge >= 0.3 is 0 Å². The van der Waals surface area contributed by atoms with Crippen molar-refractivity contribution < 1.29 is 0 Å². The van der Waals surface area contributed by atoms with Crippen LogP contribution in [0.5, 0.6) is 0 Å². The summed E-state index contributed by atoms with van der Waals surface area (Å²) in [5.41, 5.74) is 14.3. The molecule has 0 saturated heterocycles. The number of rotatable bonds is 8. The van der Waals surface area contributed by atoms with E-state index < -0.39 is 0 Å². The normalized spacial score (nSPS) is 12.4. The van der Waals surface area contributed by atoms with E-state index in [1.807, 2.05) is 0 Å². The van der Waals surface area contributed by atoms with Gasteiger partial charge in [-0.25, -0.2) is 4.98 Å². The minimum absolute atomic E-state index is 0.0823. The van der Waals surface area contributed by atoms with Gasteiger partial charge in [0.2, 0.25) is 0 Å². The Morgan fingerprint density at radius 3 is 0.814 bits per heavy atom. The van der Waals surface area contributed by atoms with Gasteiger partial charge in [-0.3, -0.25) is 0 Å². The van der Waals surface area contributed by atoms with Crippen LogP contribution in [0.4, 0.5) is 34.1 Å². The second-order valence-corrected chi connectivity index (χ2v) is 20.6. The van der Waals surface area contributed by atoms with Crippen LogP contribution in [0.3, 0.4) is 0 Å². The molecule has 0 saturated carbocycles. The van der Waals surface area contributed by atoms with Crippen LogP contribution in [0.1, 0.15) is 105 Å². The van der Waals surface area contributed by atoms with Gasteiger partial charge in [0.25, 0.3) is 0 Å². The number of hydrogen-bond acceptors (Lipinski definition) is 5. The molecule has 5 heteroatoms. The summed E-state index contributed by atoms with van der Waals surface area (Å²) in [5.74, 6) is 0.732. The van der Waals surface area contributed by atoms with Crippen LogP contribution in [0.15, 0.2) is 146 Å². The van der Waals surface area contributed by atoms with Crippen molar-refractivity contribution in [1.29, 1.82) is 0 Å². The van der Waals surface area contributed by atoms with Gasteiger partial charge in [0.15, 0.2) is 5.82 Å². The first-order valence-corrected chi connectivity index (χ1v) is 21.6. The number of nitrogens with zero attached hydrogens (tertiary/aromatic N) is 4. The zero-order valence-electron chi connectivity index (χ0n) is 37.1. The summed E-state index contributed by atoms with van der Waals surface area (Å²) in [7, 11) is 0. The van der Waals surface area contributed by atoms with Crippen molar-refractivity contribution in [3.8, 4) is 22.0 Å². The van der Waals surface area contributed by atoms with Crippen molar-refractivity contribution in [2.45, 2.75) is 105 Å². The van der Waals surface area contributed by atoms with Crippen molar-refractivity contribution in [3.05, 3.63) is 168 Å². The summed E-state index contributed by atoms with van der Waals surface area (Å²) in [6, 6.07) is 53.2. The minimum atomic E-state index is 0.0823. The van der Waals surface area contributed by atoms with Crippen LogP contribution in [-0.4, -0.2) is 9.36 Å². The lowest BCUT2D eigenvalue weighted by atomic mass is 9.86. The number of benzene rings is 6. The molecule has 1 heterocycles. The van der Waals surface area contributed by atoms with E-state index in [9.17, 15) is 0 Å². The molecule has 0 aliphatic heterocycles. The molecule has 4 nitrogen and oxygen atoms in total. The maximum atomic E-state index is 5.04. The molecule has 302 valence electrons. The predicted octanol–water partition coefficient (Wildman–Crippen LogP) is 16.0. The Hall–Kier alpha value is -5.52. The molecule has 7 rings (SSSR count). The maximum Gasteiger partial charge on any atom is 0.173 e. The Morgan fingerprint density at radius 2 is 0.559 bits per heavy atom. The van der Waals surface area contributed by atoms with Gasteiger partial charge < -0.3 is 9.80 Å². The third-order valence-electron chi connectivity index (χ3n) is 11.1. The number of hydrogen-bond donors (Lipinski definition) is 0. The molecule has 59 heavy (non-hydrogen) atoms. The summed E-state index contributed by atoms with van der Waals surface area (Å²) in [6.45, 7) is 27.1. The molecule has 7 aromatic rings. The lowest BCUT2D eigenvalue weighted by Gasteiger charge is -2.28. The molecular weight excluding hydrogens is 737 g/mol. The minimum Gasteiger partial charge on any atom is -0.311 e. The monoisotopic (exact) mass is 796 g/mol. The zero-order chi connectivity index (χ0) is 42.3. The summed E-state index contributed by atoms with van der Waals surface area (Å²) in [4.78, 5) is 9.70. The molecule has 1 aromatic heterocycles. The SMILES string of the molecule is CC(C)(C)c1ccc(N(c2ccc(-c3nsc(-c4ccc(N(c5ccc(C(C)(C)C)cc5)c5ccc(C(C)(C)C)cc5)cc4)n3)cc2)c2ccc(C(C)(C)C)cc2)cc1. The highest BCUT2D eigenvalue weighted by Gasteiger charge is 2.21. The van der Waals surface area contributed by atoms with Crippen LogP contribution in [-0.2, 0) is 21.7 Å². The molecule has 0 aliphatic carbocycles. The highest BCUT2D eigenvalue weighted by Crippen LogP contribution is 2.40. The molecule has 6 aromatic carbocycles. The second-order valence-electron chi connectivity index (χ2n) is 19.9. The Labute approximate surface area is 357 Å². The fourth-order valence-electron chi connectivity index (χ4n) is 7.31. The molecule has 0 bridgehead atoms. The van der Waals surface area contributed by atoms with Gasteiger partial charge in [-0.1, -0.05) is 132 Å². The van der Waals surface area contributed by atoms with Gasteiger partial charge in [-0.15, -0.1) is 0 Å². The number of anilines is 6. The predicted molar refractivity (Wildman–Crippen MR) is 255 cm³/mol. The van der Waals surface area contributed by atoms with E-state index in [1.165, 1.54) is 33.8 Å². The molecular formula is C54H60N4S. The van der Waals surface area contributed by atoms with E-state index in [4.69, 9.17) is 9.36 Å². The zero-order valence-corrected chi connectivity index (χ0v) is 37.9. The van der Waals surface area contributed by atoms with Crippen molar-refractivity contribution >= 4 is 45.7 Å². The van der Waals surface area contributed by atoms with Crippen molar-refractivity contribution in [2.24, 2.45) is 0 Å². The Morgan fingerprint density at radius 1 is 0.322 bits per heavy atom.